The van der Waals surface area contributed by atoms with Crippen molar-refractivity contribution in [2.45, 2.75) is 36.4 Å². The van der Waals surface area contributed by atoms with Crippen molar-refractivity contribution >= 4 is 34.0 Å². The molecule has 3 amide bonds. The number of hydrogen-bond donors (Lipinski definition) is 3. The molecule has 1 heterocycles. The molecule has 0 bridgehead atoms. The number of amides is 3. The monoisotopic (exact) mass is 606 g/mol. The van der Waals surface area contributed by atoms with E-state index in [0.29, 0.717) is 6.42 Å². The Labute approximate surface area is 241 Å². The number of carbonyl (C=O) groups excluding carboxylic acids is 3. The molecule has 2 aliphatic rings. The molecule has 0 radical (unpaired) electrons. The molecule has 2 aromatic carbocycles. The van der Waals surface area contributed by atoms with E-state index in [1.54, 1.807) is 0 Å². The molecule has 3 N–H and O–H groups in total. The Hall–Kier alpha value is -3.90. The molecule has 0 saturated carbocycles. The number of nitriles is 1. The van der Waals surface area contributed by atoms with E-state index in [1.807, 2.05) is 6.07 Å². The van der Waals surface area contributed by atoms with E-state index in [-0.39, 0.29) is 59.0 Å². The second-order valence-electron chi connectivity index (χ2n) is 10.1. The molecule has 14 heteroatoms. The highest BCUT2D eigenvalue weighted by molar-refractivity contribution is 8.23. The summed E-state index contributed by atoms with van der Waals surface area (Å²) in [5, 5.41) is 18.7. The fourth-order valence-corrected chi connectivity index (χ4v) is 6.15. The normalized spacial score (nSPS) is 18.1. The molecule has 1 unspecified atom stereocenters. The molecule has 0 spiro atoms. The zero-order valence-electron chi connectivity index (χ0n) is 22.8. The van der Waals surface area contributed by atoms with Crippen molar-refractivity contribution in [1.29, 1.82) is 5.26 Å². The van der Waals surface area contributed by atoms with Crippen LogP contribution in [0.1, 0.15) is 42.0 Å². The molecule has 0 aromatic heterocycles. The first-order valence-corrected chi connectivity index (χ1v) is 14.8. The lowest BCUT2D eigenvalue weighted by molar-refractivity contribution is -0.137. The Bertz CT molecular complexity index is 1500. The number of hydrogen-bond acceptors (Lipinski definition) is 7. The van der Waals surface area contributed by atoms with E-state index in [9.17, 15) is 47.0 Å². The predicted molar refractivity (Wildman–Crippen MR) is 148 cm³/mol. The predicted octanol–water partition coefficient (Wildman–Crippen LogP) is 4.76. The van der Waals surface area contributed by atoms with Crippen molar-refractivity contribution in [2.24, 2.45) is 0 Å². The largest absolute Gasteiger partial charge is 0.416 e. The summed E-state index contributed by atoms with van der Waals surface area (Å²) < 4.78 is 62.3. The highest BCUT2D eigenvalue weighted by Crippen LogP contribution is 2.52. The molecule has 1 aliphatic heterocycles. The van der Waals surface area contributed by atoms with Gasteiger partial charge < -0.3 is 14.9 Å². The average Bonchev–Trinajstić information content (AvgIpc) is 2.92. The van der Waals surface area contributed by atoms with Crippen molar-refractivity contribution in [1.82, 2.24) is 9.80 Å². The second-order valence-corrected chi connectivity index (χ2v) is 12.2. The van der Waals surface area contributed by atoms with Crippen molar-refractivity contribution < 1.29 is 41.8 Å². The maximum absolute atomic E-state index is 14.3. The summed E-state index contributed by atoms with van der Waals surface area (Å²) in [5.41, 5.74) is -0.816. The molecule has 10 nitrogen and oxygen atoms in total. The van der Waals surface area contributed by atoms with Crippen LogP contribution in [0, 0.1) is 11.3 Å². The maximum atomic E-state index is 14.3. The minimum Gasteiger partial charge on any atom is -0.395 e. The van der Waals surface area contributed by atoms with Crippen molar-refractivity contribution in [2.75, 3.05) is 37.9 Å². The van der Waals surface area contributed by atoms with Crippen LogP contribution in [0.4, 0.5) is 23.7 Å². The quantitative estimate of drug-likeness (QED) is 0.412. The Balaban J connectivity index is 2.01. The number of halogens is 3. The molecule has 2 aromatic rings. The van der Waals surface area contributed by atoms with Crippen LogP contribution in [-0.2, 0) is 15.8 Å². The lowest BCUT2D eigenvalue weighted by Crippen LogP contribution is -2.55. The first kappa shape index (κ1) is 31.0. The SMILES string of the molecule is CN(CCO)C(=O)CN1C(=O)N(c2cccc(C(F)(F)F)c2)C2=C(C(=O)CCC2)C1c1ccc(C#N)cc1S(C)(O)O. The van der Waals surface area contributed by atoms with E-state index < -0.39 is 52.6 Å². The number of carbonyl (C=O) groups is 3. The lowest BCUT2D eigenvalue weighted by atomic mass is 9.83. The van der Waals surface area contributed by atoms with E-state index in [4.69, 9.17) is 0 Å². The molecule has 4 rings (SSSR count). The number of allylic oxidation sites excluding steroid dienone is 1. The topological polar surface area (TPSA) is 145 Å². The third-order valence-corrected chi connectivity index (χ3v) is 8.36. The summed E-state index contributed by atoms with van der Waals surface area (Å²) >= 11 is 0. The van der Waals surface area contributed by atoms with Gasteiger partial charge >= 0.3 is 12.2 Å². The first-order chi connectivity index (χ1) is 19.7. The first-order valence-electron chi connectivity index (χ1n) is 12.8. The smallest absolute Gasteiger partial charge is 0.395 e. The van der Waals surface area contributed by atoms with Crippen LogP contribution in [-0.4, -0.2) is 74.7 Å². The van der Waals surface area contributed by atoms with Crippen LogP contribution in [0.15, 0.2) is 58.6 Å². The van der Waals surface area contributed by atoms with Crippen molar-refractivity contribution in [3.63, 3.8) is 0 Å². The number of urea groups is 1. The van der Waals surface area contributed by atoms with Gasteiger partial charge in [-0.25, -0.2) is 4.79 Å². The molecular weight excluding hydrogens is 577 g/mol. The zero-order chi connectivity index (χ0) is 31.0. The summed E-state index contributed by atoms with van der Waals surface area (Å²) in [6.45, 7) is -1.10. The third kappa shape index (κ3) is 6.00. The van der Waals surface area contributed by atoms with Gasteiger partial charge in [-0.2, -0.15) is 29.0 Å². The van der Waals surface area contributed by atoms with E-state index in [0.717, 1.165) is 39.2 Å². The minimum absolute atomic E-state index is 0.0329. The highest BCUT2D eigenvalue weighted by Gasteiger charge is 2.47. The van der Waals surface area contributed by atoms with Gasteiger partial charge in [-0.15, -0.1) is 0 Å². The van der Waals surface area contributed by atoms with Crippen LogP contribution in [0.2, 0.25) is 0 Å². The fourth-order valence-electron chi connectivity index (χ4n) is 5.18. The van der Waals surface area contributed by atoms with Gasteiger partial charge in [0, 0.05) is 43.1 Å². The second kappa shape index (κ2) is 11.8. The Morgan fingerprint density at radius 2 is 1.88 bits per heavy atom. The molecular formula is C28H29F3N4O6S. The van der Waals surface area contributed by atoms with E-state index in [2.05, 4.69) is 0 Å². The molecule has 42 heavy (non-hydrogen) atoms. The molecule has 1 aliphatic carbocycles. The Morgan fingerprint density at radius 3 is 2.50 bits per heavy atom. The highest BCUT2D eigenvalue weighted by atomic mass is 32.3. The van der Waals surface area contributed by atoms with Gasteiger partial charge in [-0.3, -0.25) is 23.6 Å². The summed E-state index contributed by atoms with van der Waals surface area (Å²) in [6, 6.07) is 7.75. The fraction of sp³-hybridized carbons (Fsp3) is 0.357. The van der Waals surface area contributed by atoms with Crippen LogP contribution in [0.3, 0.4) is 0 Å². The Kier molecular flexibility index (Phi) is 8.70. The molecule has 0 saturated heterocycles. The number of benzene rings is 2. The standard InChI is InChI=1S/C28H29F3N4O6S/c1-33(11-12-36)24(38)16-34-26(20-10-9-17(15-32)13-23(20)42(2,40)41)25-21(7-4-8-22(25)37)35(27(34)39)19-6-3-5-18(14-19)28(29,30)31/h3,5-6,9-10,13-14,26,36,40-41H,4,7-8,11-12,16H2,1-2H3. The van der Waals surface area contributed by atoms with E-state index >= 15 is 0 Å². The minimum atomic E-state index is -4.72. The summed E-state index contributed by atoms with van der Waals surface area (Å²) in [6.07, 6.45) is -3.07. The van der Waals surface area contributed by atoms with Gasteiger partial charge in [0.2, 0.25) is 5.91 Å². The van der Waals surface area contributed by atoms with Crippen molar-refractivity contribution in [3.05, 3.63) is 70.4 Å². The maximum Gasteiger partial charge on any atom is 0.416 e. The van der Waals surface area contributed by atoms with Gasteiger partial charge in [0.1, 0.15) is 6.54 Å². The number of aliphatic hydroxyl groups is 1. The molecule has 224 valence electrons. The number of anilines is 1. The van der Waals surface area contributed by atoms with Gasteiger partial charge in [-0.05, 0) is 43.2 Å². The number of ketones is 1. The Morgan fingerprint density at radius 1 is 1.17 bits per heavy atom. The van der Waals surface area contributed by atoms with Gasteiger partial charge in [-0.1, -0.05) is 12.1 Å². The number of likely N-dealkylation sites (N-methyl/N-ethyl adjacent to an activating group) is 1. The molecule has 1 atom stereocenters. The van der Waals surface area contributed by atoms with Gasteiger partial charge in [0.25, 0.3) is 0 Å². The average molecular weight is 607 g/mol. The number of Topliss-reactive ketones (excluding diaryl/α,β-unsaturated/α-hetero) is 1. The van der Waals surface area contributed by atoms with Gasteiger partial charge in [0.05, 0.1) is 40.4 Å². The molecule has 0 fully saturated rings. The van der Waals surface area contributed by atoms with Crippen molar-refractivity contribution in [3.8, 4) is 6.07 Å². The lowest BCUT2D eigenvalue weighted by Gasteiger charge is -2.46. The number of rotatable bonds is 7. The summed E-state index contributed by atoms with van der Waals surface area (Å²) in [7, 11) is -2.15. The zero-order valence-corrected chi connectivity index (χ0v) is 23.6. The summed E-state index contributed by atoms with van der Waals surface area (Å²) in [5.74, 6) is -1.06. The summed E-state index contributed by atoms with van der Waals surface area (Å²) in [4.78, 5) is 44.1. The van der Waals surface area contributed by atoms with E-state index in [1.165, 1.54) is 31.3 Å². The number of alkyl halides is 3. The van der Waals surface area contributed by atoms with Crippen LogP contribution >= 0.6 is 10.6 Å². The number of aliphatic hydroxyl groups excluding tert-OH is 1. The third-order valence-electron chi connectivity index (χ3n) is 7.17. The van der Waals surface area contributed by atoms with Crippen LogP contribution in [0.5, 0.6) is 0 Å². The van der Waals surface area contributed by atoms with Crippen LogP contribution < -0.4 is 4.90 Å². The van der Waals surface area contributed by atoms with Crippen LogP contribution in [0.25, 0.3) is 0 Å². The van der Waals surface area contributed by atoms with Gasteiger partial charge in [0.15, 0.2) is 5.78 Å². The number of nitrogens with zero attached hydrogens (tertiary/aromatic N) is 4.